The number of benzene rings is 1. The molecule has 2 rings (SSSR count). The van der Waals surface area contributed by atoms with E-state index in [1.165, 1.54) is 50.0 Å². The largest absolute Gasteiger partial charge is 0.316 e. The van der Waals surface area contributed by atoms with E-state index in [4.69, 9.17) is 0 Å². The lowest BCUT2D eigenvalue weighted by atomic mass is 9.85. The molecule has 2 heteroatoms. The van der Waals surface area contributed by atoms with Crippen LogP contribution in [-0.2, 0) is 6.54 Å². The number of nitrogens with one attached hydrogen (secondary N) is 1. The molecule has 2 unspecified atom stereocenters. The molecular formula is C18H30N2. The minimum Gasteiger partial charge on any atom is -0.316 e. The van der Waals surface area contributed by atoms with Gasteiger partial charge in [0.25, 0.3) is 0 Å². The van der Waals surface area contributed by atoms with E-state index in [0.717, 1.165) is 18.4 Å². The highest BCUT2D eigenvalue weighted by atomic mass is 15.1. The zero-order valence-electron chi connectivity index (χ0n) is 13.4. The molecule has 1 aromatic rings. The average Bonchev–Trinajstić information content (AvgIpc) is 2.46. The zero-order chi connectivity index (χ0) is 14.4. The molecule has 2 atom stereocenters. The highest BCUT2D eigenvalue weighted by Gasteiger charge is 2.19. The molecule has 1 aliphatic rings. The highest BCUT2D eigenvalue weighted by molar-refractivity contribution is 5.21. The fourth-order valence-electron chi connectivity index (χ4n) is 3.23. The van der Waals surface area contributed by atoms with Crippen molar-refractivity contribution in [1.82, 2.24) is 10.2 Å². The average molecular weight is 274 g/mol. The third-order valence-corrected chi connectivity index (χ3v) is 4.64. The molecule has 0 saturated carbocycles. The van der Waals surface area contributed by atoms with E-state index < -0.39 is 0 Å². The van der Waals surface area contributed by atoms with Crippen LogP contribution in [0, 0.1) is 18.8 Å². The van der Waals surface area contributed by atoms with Crippen LogP contribution in [0.4, 0.5) is 0 Å². The maximum atomic E-state index is 3.54. The smallest absolute Gasteiger partial charge is 0.0230 e. The van der Waals surface area contributed by atoms with Crippen molar-refractivity contribution < 1.29 is 0 Å². The van der Waals surface area contributed by atoms with Crippen LogP contribution in [0.3, 0.4) is 0 Å². The van der Waals surface area contributed by atoms with Crippen LogP contribution in [0.25, 0.3) is 0 Å². The lowest BCUT2D eigenvalue weighted by Gasteiger charge is -2.29. The van der Waals surface area contributed by atoms with Crippen molar-refractivity contribution in [3.05, 3.63) is 35.4 Å². The Bertz CT molecular complexity index is 396. The Morgan fingerprint density at radius 1 is 1.40 bits per heavy atom. The highest BCUT2D eigenvalue weighted by Crippen LogP contribution is 2.22. The number of nitrogens with zero attached hydrogens (tertiary/aromatic N) is 1. The molecule has 112 valence electrons. The second kappa shape index (κ2) is 7.80. The van der Waals surface area contributed by atoms with Crippen LogP contribution in [0.5, 0.6) is 0 Å². The van der Waals surface area contributed by atoms with Crippen molar-refractivity contribution in [2.75, 3.05) is 26.7 Å². The molecule has 0 aliphatic carbocycles. The van der Waals surface area contributed by atoms with Gasteiger partial charge in [-0.05, 0) is 70.3 Å². The van der Waals surface area contributed by atoms with Gasteiger partial charge in [-0.25, -0.2) is 0 Å². The van der Waals surface area contributed by atoms with Crippen molar-refractivity contribution >= 4 is 0 Å². The van der Waals surface area contributed by atoms with Crippen LogP contribution in [0.15, 0.2) is 24.3 Å². The molecule has 1 fully saturated rings. The molecule has 20 heavy (non-hydrogen) atoms. The minimum atomic E-state index is 0.836. The van der Waals surface area contributed by atoms with E-state index in [-0.39, 0.29) is 0 Å². The topological polar surface area (TPSA) is 15.3 Å². The molecule has 1 aromatic carbocycles. The number of hydrogen-bond donors (Lipinski definition) is 1. The summed E-state index contributed by atoms with van der Waals surface area (Å²) in [4.78, 5) is 2.46. The molecule has 1 saturated heterocycles. The van der Waals surface area contributed by atoms with E-state index in [2.05, 4.69) is 55.4 Å². The standard InChI is InChI=1S/C18H30N2/c1-15-6-4-7-17(12-15)14-20(3)11-9-16(2)18-8-5-10-19-13-18/h4,6-7,12,16,18-19H,5,8-11,13-14H2,1-3H3. The number of piperidine rings is 1. The number of rotatable bonds is 6. The van der Waals surface area contributed by atoms with Crippen LogP contribution in [0.2, 0.25) is 0 Å². The molecule has 1 aliphatic heterocycles. The van der Waals surface area contributed by atoms with Gasteiger partial charge in [-0.3, -0.25) is 0 Å². The third-order valence-electron chi connectivity index (χ3n) is 4.64. The van der Waals surface area contributed by atoms with Crippen LogP contribution >= 0.6 is 0 Å². The van der Waals surface area contributed by atoms with Gasteiger partial charge < -0.3 is 10.2 Å². The summed E-state index contributed by atoms with van der Waals surface area (Å²) in [5.74, 6) is 1.72. The van der Waals surface area contributed by atoms with E-state index in [1.54, 1.807) is 0 Å². The Hall–Kier alpha value is -0.860. The molecule has 2 nitrogen and oxygen atoms in total. The van der Waals surface area contributed by atoms with Gasteiger partial charge in [-0.1, -0.05) is 36.8 Å². The quantitative estimate of drug-likeness (QED) is 0.854. The Morgan fingerprint density at radius 3 is 2.95 bits per heavy atom. The summed E-state index contributed by atoms with van der Waals surface area (Å²) < 4.78 is 0. The van der Waals surface area contributed by atoms with Gasteiger partial charge in [0.05, 0.1) is 0 Å². The summed E-state index contributed by atoms with van der Waals surface area (Å²) in [6.07, 6.45) is 4.08. The van der Waals surface area contributed by atoms with Crippen molar-refractivity contribution in [2.45, 2.75) is 39.7 Å². The first-order chi connectivity index (χ1) is 9.65. The SMILES string of the molecule is Cc1cccc(CN(C)CCC(C)C2CCCNC2)c1. The maximum Gasteiger partial charge on any atom is 0.0230 e. The molecule has 0 radical (unpaired) electrons. The first-order valence-corrected chi connectivity index (χ1v) is 8.10. The lowest BCUT2D eigenvalue weighted by molar-refractivity contribution is 0.229. The lowest BCUT2D eigenvalue weighted by Crippen LogP contribution is -2.34. The van der Waals surface area contributed by atoms with Crippen molar-refractivity contribution in [3.8, 4) is 0 Å². The van der Waals surface area contributed by atoms with Gasteiger partial charge in [0.2, 0.25) is 0 Å². The Morgan fingerprint density at radius 2 is 2.25 bits per heavy atom. The zero-order valence-corrected chi connectivity index (χ0v) is 13.4. The Balaban J connectivity index is 1.72. The van der Waals surface area contributed by atoms with Gasteiger partial charge in [-0.2, -0.15) is 0 Å². The Labute approximate surface area is 124 Å². The Kier molecular flexibility index (Phi) is 6.06. The van der Waals surface area contributed by atoms with Gasteiger partial charge in [0.15, 0.2) is 0 Å². The van der Waals surface area contributed by atoms with Gasteiger partial charge >= 0.3 is 0 Å². The predicted octanol–water partition coefficient (Wildman–Crippen LogP) is 3.45. The second-order valence-electron chi connectivity index (χ2n) is 6.60. The van der Waals surface area contributed by atoms with E-state index >= 15 is 0 Å². The third kappa shape index (κ3) is 4.92. The normalized spacial score (nSPS) is 21.1. The molecule has 0 aromatic heterocycles. The van der Waals surface area contributed by atoms with Gasteiger partial charge in [0, 0.05) is 6.54 Å². The first kappa shape index (κ1) is 15.5. The summed E-state index contributed by atoms with van der Waals surface area (Å²) in [7, 11) is 2.24. The van der Waals surface area contributed by atoms with Gasteiger partial charge in [-0.15, -0.1) is 0 Å². The summed E-state index contributed by atoms with van der Waals surface area (Å²) in [5.41, 5.74) is 2.79. The van der Waals surface area contributed by atoms with Crippen LogP contribution in [0.1, 0.15) is 37.3 Å². The molecule has 0 bridgehead atoms. The molecule has 0 amide bonds. The van der Waals surface area contributed by atoms with E-state index in [0.29, 0.717) is 0 Å². The van der Waals surface area contributed by atoms with Gasteiger partial charge in [0.1, 0.15) is 0 Å². The van der Waals surface area contributed by atoms with Crippen LogP contribution < -0.4 is 5.32 Å². The van der Waals surface area contributed by atoms with Crippen molar-refractivity contribution in [3.63, 3.8) is 0 Å². The molecule has 1 heterocycles. The monoisotopic (exact) mass is 274 g/mol. The summed E-state index contributed by atoms with van der Waals surface area (Å²) in [6, 6.07) is 8.86. The minimum absolute atomic E-state index is 0.836. The number of aryl methyl sites for hydroxylation is 1. The molecule has 0 spiro atoms. The fourth-order valence-corrected chi connectivity index (χ4v) is 3.23. The van der Waals surface area contributed by atoms with E-state index in [1.807, 2.05) is 0 Å². The van der Waals surface area contributed by atoms with Crippen molar-refractivity contribution in [1.29, 1.82) is 0 Å². The number of hydrogen-bond acceptors (Lipinski definition) is 2. The summed E-state index contributed by atoms with van der Waals surface area (Å²) in [6.45, 7) is 9.31. The van der Waals surface area contributed by atoms with Crippen molar-refractivity contribution in [2.24, 2.45) is 11.8 Å². The molecular weight excluding hydrogens is 244 g/mol. The summed E-state index contributed by atoms with van der Waals surface area (Å²) in [5, 5.41) is 3.54. The second-order valence-corrected chi connectivity index (χ2v) is 6.60. The summed E-state index contributed by atoms with van der Waals surface area (Å²) >= 11 is 0. The molecule has 1 N–H and O–H groups in total. The van der Waals surface area contributed by atoms with E-state index in [9.17, 15) is 0 Å². The first-order valence-electron chi connectivity index (χ1n) is 8.10. The fraction of sp³-hybridized carbons (Fsp3) is 0.667. The predicted molar refractivity (Wildman–Crippen MR) is 86.9 cm³/mol. The van der Waals surface area contributed by atoms with Crippen LogP contribution in [-0.4, -0.2) is 31.6 Å². The maximum absolute atomic E-state index is 3.54.